The molecule has 0 bridgehead atoms. The van der Waals surface area contributed by atoms with E-state index in [1.165, 1.54) is 43.3 Å². The molecule has 3 heteroatoms. The van der Waals surface area contributed by atoms with Gasteiger partial charge in [0.2, 0.25) is 0 Å². The van der Waals surface area contributed by atoms with Crippen molar-refractivity contribution < 1.29 is 15.3 Å². The predicted octanol–water partition coefficient (Wildman–Crippen LogP) is 5.87. The zero-order chi connectivity index (χ0) is 23.0. The molecular weight excluding hydrogens is 384 g/mol. The highest BCUT2D eigenvalue weighted by molar-refractivity contribution is 5.36. The molecule has 3 fully saturated rings. The maximum atomic E-state index is 10.6. The van der Waals surface area contributed by atoms with Crippen LogP contribution in [0.15, 0.2) is 47.6 Å². The second-order valence-corrected chi connectivity index (χ2v) is 11.5. The number of hydrogen-bond acceptors (Lipinski definition) is 3. The summed E-state index contributed by atoms with van der Waals surface area (Å²) < 4.78 is 0. The first-order chi connectivity index (χ1) is 14.3. The predicted molar refractivity (Wildman–Crippen MR) is 129 cm³/mol. The molecule has 0 aliphatic heterocycles. The molecular formula is C28H44O3. The highest BCUT2D eigenvalue weighted by Crippen LogP contribution is 2.59. The second kappa shape index (κ2) is 9.00. The standard InChI is InChI=1S/C28H44O3/c1-19-9-12-23(29)18-22(19)11-10-21-8-7-16-27(5)24(13-14-25(21)27)20(2)15-17-28(6,31)26(3,4)30/h10-11,15,17,20,23-25,29-31H,1,7-9,12-14,16,18H2,2-6H3/b17-15+,21-10+,22-11-/t20-,23-,24+,25+,27-,28-/m0/s1. The van der Waals surface area contributed by atoms with Crippen molar-refractivity contribution in [3.63, 3.8) is 0 Å². The number of aliphatic hydroxyl groups excluding tert-OH is 1. The Labute approximate surface area is 189 Å². The molecule has 0 radical (unpaired) electrons. The van der Waals surface area contributed by atoms with Crippen LogP contribution >= 0.6 is 0 Å². The highest BCUT2D eigenvalue weighted by Gasteiger charge is 2.50. The van der Waals surface area contributed by atoms with Crippen molar-refractivity contribution in [3.05, 3.63) is 47.6 Å². The van der Waals surface area contributed by atoms with Gasteiger partial charge in [-0.25, -0.2) is 0 Å². The summed E-state index contributed by atoms with van der Waals surface area (Å²) in [6.45, 7) is 13.9. The minimum Gasteiger partial charge on any atom is -0.393 e. The van der Waals surface area contributed by atoms with E-state index in [0.29, 0.717) is 17.8 Å². The molecule has 0 aromatic rings. The Kier molecular flexibility index (Phi) is 7.11. The quantitative estimate of drug-likeness (QED) is 0.480. The normalized spacial score (nSPS) is 37.9. The third kappa shape index (κ3) is 5.10. The fraction of sp³-hybridized carbons (Fsp3) is 0.714. The maximum absolute atomic E-state index is 10.6. The van der Waals surface area contributed by atoms with E-state index in [9.17, 15) is 15.3 Å². The molecule has 3 rings (SSSR count). The Bertz CT molecular complexity index is 764. The minimum absolute atomic E-state index is 0.226. The highest BCUT2D eigenvalue weighted by atomic mass is 16.3. The molecule has 0 amide bonds. The van der Waals surface area contributed by atoms with E-state index in [2.05, 4.69) is 38.7 Å². The van der Waals surface area contributed by atoms with Crippen LogP contribution in [0.3, 0.4) is 0 Å². The molecule has 3 saturated carbocycles. The Morgan fingerprint density at radius 2 is 1.81 bits per heavy atom. The van der Waals surface area contributed by atoms with Gasteiger partial charge in [-0.3, -0.25) is 0 Å². The van der Waals surface area contributed by atoms with Gasteiger partial charge in [-0.05, 0) is 101 Å². The Balaban J connectivity index is 1.77. The van der Waals surface area contributed by atoms with Crippen LogP contribution < -0.4 is 0 Å². The molecule has 0 aromatic carbocycles. The summed E-state index contributed by atoms with van der Waals surface area (Å²) in [5.41, 5.74) is 1.83. The zero-order valence-corrected chi connectivity index (χ0v) is 20.3. The summed E-state index contributed by atoms with van der Waals surface area (Å²) >= 11 is 0. The van der Waals surface area contributed by atoms with Gasteiger partial charge >= 0.3 is 0 Å². The van der Waals surface area contributed by atoms with Crippen LogP contribution in [0, 0.1) is 23.2 Å². The smallest absolute Gasteiger partial charge is 0.108 e. The topological polar surface area (TPSA) is 60.7 Å². The largest absolute Gasteiger partial charge is 0.393 e. The molecule has 3 aliphatic rings. The molecule has 6 atom stereocenters. The van der Waals surface area contributed by atoms with Gasteiger partial charge < -0.3 is 15.3 Å². The number of rotatable bonds is 5. The van der Waals surface area contributed by atoms with Crippen molar-refractivity contribution in [2.24, 2.45) is 23.2 Å². The lowest BCUT2D eigenvalue weighted by atomic mass is 9.61. The summed E-state index contributed by atoms with van der Waals surface area (Å²) in [5, 5.41) is 30.9. The summed E-state index contributed by atoms with van der Waals surface area (Å²) in [7, 11) is 0. The first kappa shape index (κ1) is 24.5. The number of fused-ring (bicyclic) bond motifs is 1. The average molecular weight is 429 g/mol. The summed E-state index contributed by atoms with van der Waals surface area (Å²) in [5.74, 6) is 1.54. The van der Waals surface area contributed by atoms with E-state index in [1.54, 1.807) is 32.4 Å². The van der Waals surface area contributed by atoms with Gasteiger partial charge in [0.25, 0.3) is 0 Å². The van der Waals surface area contributed by atoms with E-state index in [0.717, 1.165) is 19.3 Å². The van der Waals surface area contributed by atoms with Crippen LogP contribution in [0.1, 0.15) is 86.0 Å². The van der Waals surface area contributed by atoms with Crippen LogP contribution in [-0.4, -0.2) is 32.6 Å². The van der Waals surface area contributed by atoms with Gasteiger partial charge in [0.15, 0.2) is 0 Å². The van der Waals surface area contributed by atoms with Crippen molar-refractivity contribution in [3.8, 4) is 0 Å². The SMILES string of the molecule is C=C1CC[C@H](O)C/C1=C/C=C1\CCC[C@]2(C)[C@@H]1CC[C@@H]2[C@@H](C)/C=C/[C@](C)(O)C(C)(C)O. The number of aliphatic hydroxyl groups is 3. The van der Waals surface area contributed by atoms with Crippen molar-refractivity contribution >= 4 is 0 Å². The molecule has 0 aromatic heterocycles. The Hall–Kier alpha value is -1.16. The lowest BCUT2D eigenvalue weighted by molar-refractivity contribution is -0.0886. The molecule has 0 heterocycles. The van der Waals surface area contributed by atoms with Crippen LogP contribution in [0.5, 0.6) is 0 Å². The third-order valence-corrected chi connectivity index (χ3v) is 8.82. The fourth-order valence-corrected chi connectivity index (χ4v) is 6.22. The third-order valence-electron chi connectivity index (χ3n) is 8.82. The monoisotopic (exact) mass is 428 g/mol. The Morgan fingerprint density at radius 3 is 2.48 bits per heavy atom. The van der Waals surface area contributed by atoms with E-state index < -0.39 is 11.2 Å². The zero-order valence-electron chi connectivity index (χ0n) is 20.3. The van der Waals surface area contributed by atoms with Gasteiger partial charge in [0, 0.05) is 0 Å². The van der Waals surface area contributed by atoms with E-state index in [-0.39, 0.29) is 11.5 Å². The van der Waals surface area contributed by atoms with E-state index >= 15 is 0 Å². The van der Waals surface area contributed by atoms with Crippen molar-refractivity contribution in [1.82, 2.24) is 0 Å². The van der Waals surface area contributed by atoms with Crippen LogP contribution in [0.2, 0.25) is 0 Å². The molecule has 0 saturated heterocycles. The minimum atomic E-state index is -1.24. The first-order valence-electron chi connectivity index (χ1n) is 12.2. The number of hydrogen-bond donors (Lipinski definition) is 3. The van der Waals surface area contributed by atoms with Crippen molar-refractivity contribution in [2.75, 3.05) is 0 Å². The summed E-state index contributed by atoms with van der Waals surface area (Å²) in [6, 6.07) is 0. The van der Waals surface area contributed by atoms with E-state index in [1.807, 2.05) is 0 Å². The summed E-state index contributed by atoms with van der Waals surface area (Å²) in [6.07, 6.45) is 16.8. The Morgan fingerprint density at radius 1 is 1.10 bits per heavy atom. The van der Waals surface area contributed by atoms with Crippen LogP contribution in [-0.2, 0) is 0 Å². The molecule has 0 spiro atoms. The van der Waals surface area contributed by atoms with Crippen molar-refractivity contribution in [1.29, 1.82) is 0 Å². The van der Waals surface area contributed by atoms with Gasteiger partial charge in [-0.15, -0.1) is 0 Å². The average Bonchev–Trinajstić information content (AvgIpc) is 3.03. The maximum Gasteiger partial charge on any atom is 0.108 e. The lowest BCUT2D eigenvalue weighted by Crippen LogP contribution is -2.46. The second-order valence-electron chi connectivity index (χ2n) is 11.5. The number of allylic oxidation sites excluding steroid dienone is 5. The van der Waals surface area contributed by atoms with Gasteiger partial charge in [0.1, 0.15) is 5.60 Å². The molecule has 3 N–H and O–H groups in total. The molecule has 0 unspecified atom stereocenters. The molecule has 3 aliphatic carbocycles. The van der Waals surface area contributed by atoms with E-state index in [4.69, 9.17) is 0 Å². The van der Waals surface area contributed by atoms with Crippen molar-refractivity contribution in [2.45, 2.75) is 103 Å². The molecule has 174 valence electrons. The van der Waals surface area contributed by atoms with Gasteiger partial charge in [0.05, 0.1) is 11.7 Å². The molecule has 3 nitrogen and oxygen atoms in total. The van der Waals surface area contributed by atoms with Crippen LogP contribution in [0.25, 0.3) is 0 Å². The first-order valence-corrected chi connectivity index (χ1v) is 12.2. The summed E-state index contributed by atoms with van der Waals surface area (Å²) in [4.78, 5) is 0. The van der Waals surface area contributed by atoms with Gasteiger partial charge in [-0.1, -0.05) is 55.9 Å². The van der Waals surface area contributed by atoms with Crippen LogP contribution in [0.4, 0.5) is 0 Å². The van der Waals surface area contributed by atoms with Gasteiger partial charge in [-0.2, -0.15) is 0 Å². The lowest BCUT2D eigenvalue weighted by Gasteiger charge is -2.44. The fourth-order valence-electron chi connectivity index (χ4n) is 6.22. The molecule has 31 heavy (non-hydrogen) atoms.